The minimum atomic E-state index is 0.544. The lowest BCUT2D eigenvalue weighted by Gasteiger charge is -2.03. The summed E-state index contributed by atoms with van der Waals surface area (Å²) >= 11 is 1.57. The number of hydrogen-bond acceptors (Lipinski definition) is 6. The third-order valence-electron chi connectivity index (χ3n) is 1.75. The lowest BCUT2D eigenvalue weighted by atomic mass is 10.5. The molecule has 0 saturated heterocycles. The van der Waals surface area contributed by atoms with E-state index in [0.29, 0.717) is 18.4 Å². The molecule has 0 atom stereocenters. The maximum Gasteiger partial charge on any atom is 0.226 e. The second-order valence-corrected chi connectivity index (χ2v) is 3.47. The van der Waals surface area contributed by atoms with Gasteiger partial charge in [-0.3, -0.25) is 0 Å². The van der Waals surface area contributed by atoms with Crippen LogP contribution in [0.5, 0.6) is 5.88 Å². The van der Waals surface area contributed by atoms with Gasteiger partial charge in [0.15, 0.2) is 0 Å². The van der Waals surface area contributed by atoms with Crippen LogP contribution in [0.1, 0.15) is 5.69 Å². The van der Waals surface area contributed by atoms with Crippen molar-refractivity contribution in [1.82, 2.24) is 15.0 Å². The molecule has 1 N–H and O–H groups in total. The molecular formula is C9H10N4OS. The summed E-state index contributed by atoms with van der Waals surface area (Å²) in [4.78, 5) is 12.3. The highest BCUT2D eigenvalue weighted by Crippen LogP contribution is 2.08. The average Bonchev–Trinajstić information content (AvgIpc) is 2.79. The minimum absolute atomic E-state index is 0.544. The van der Waals surface area contributed by atoms with Crippen LogP contribution in [0.3, 0.4) is 0 Å². The molecule has 0 unspecified atom stereocenters. The smallest absolute Gasteiger partial charge is 0.226 e. The lowest BCUT2D eigenvalue weighted by Crippen LogP contribution is -2.04. The van der Waals surface area contributed by atoms with Crippen LogP contribution in [-0.2, 0) is 6.54 Å². The topological polar surface area (TPSA) is 59.9 Å². The summed E-state index contributed by atoms with van der Waals surface area (Å²) in [7, 11) is 1.58. The quantitative estimate of drug-likeness (QED) is 0.850. The molecule has 78 valence electrons. The number of aromatic nitrogens is 3. The van der Waals surface area contributed by atoms with E-state index < -0.39 is 0 Å². The molecule has 0 aliphatic carbocycles. The standard InChI is InChI=1S/C9H10N4OS/c1-14-8-2-3-10-9(13-8)11-4-7-5-15-6-12-7/h2-3,5-6H,4H2,1H3,(H,10,11,13). The van der Waals surface area contributed by atoms with Crippen molar-refractivity contribution in [2.75, 3.05) is 12.4 Å². The van der Waals surface area contributed by atoms with Crippen LogP contribution in [0, 0.1) is 0 Å². The van der Waals surface area contributed by atoms with Gasteiger partial charge in [0.25, 0.3) is 0 Å². The van der Waals surface area contributed by atoms with Crippen molar-refractivity contribution in [3.05, 3.63) is 28.8 Å². The third kappa shape index (κ3) is 2.63. The molecule has 0 saturated carbocycles. The van der Waals surface area contributed by atoms with Crippen molar-refractivity contribution in [1.29, 1.82) is 0 Å². The minimum Gasteiger partial charge on any atom is -0.481 e. The maximum atomic E-state index is 4.99. The molecule has 15 heavy (non-hydrogen) atoms. The van der Waals surface area contributed by atoms with E-state index in [1.54, 1.807) is 36.2 Å². The number of ether oxygens (including phenoxy) is 1. The van der Waals surface area contributed by atoms with Gasteiger partial charge in [0.2, 0.25) is 11.8 Å². The summed E-state index contributed by atoms with van der Waals surface area (Å²) in [5.41, 5.74) is 2.77. The summed E-state index contributed by atoms with van der Waals surface area (Å²) in [6.45, 7) is 0.622. The number of nitrogens with one attached hydrogen (secondary N) is 1. The number of anilines is 1. The van der Waals surface area contributed by atoms with E-state index in [1.165, 1.54) is 0 Å². The molecular weight excluding hydrogens is 212 g/mol. The van der Waals surface area contributed by atoms with Gasteiger partial charge in [0.1, 0.15) is 0 Å². The molecule has 0 radical (unpaired) electrons. The molecule has 2 aromatic heterocycles. The molecule has 0 aromatic carbocycles. The number of nitrogens with zero attached hydrogens (tertiary/aromatic N) is 3. The van der Waals surface area contributed by atoms with Crippen molar-refractivity contribution in [3.63, 3.8) is 0 Å². The Bertz CT molecular complexity index is 418. The average molecular weight is 222 g/mol. The van der Waals surface area contributed by atoms with Gasteiger partial charge in [0, 0.05) is 17.6 Å². The molecule has 2 rings (SSSR count). The second kappa shape index (κ2) is 4.70. The summed E-state index contributed by atoms with van der Waals surface area (Å²) < 4.78 is 4.99. The van der Waals surface area contributed by atoms with Crippen molar-refractivity contribution in [3.8, 4) is 5.88 Å². The first-order chi connectivity index (χ1) is 7.38. The fraction of sp³-hybridized carbons (Fsp3) is 0.222. The zero-order valence-electron chi connectivity index (χ0n) is 8.17. The van der Waals surface area contributed by atoms with Gasteiger partial charge < -0.3 is 10.1 Å². The first-order valence-corrected chi connectivity index (χ1v) is 5.31. The van der Waals surface area contributed by atoms with E-state index in [9.17, 15) is 0 Å². The Balaban J connectivity index is 1.98. The largest absolute Gasteiger partial charge is 0.481 e. The van der Waals surface area contributed by atoms with Gasteiger partial charge in [-0.2, -0.15) is 4.98 Å². The number of thiazole rings is 1. The molecule has 0 aliphatic rings. The lowest BCUT2D eigenvalue weighted by molar-refractivity contribution is 0.397. The van der Waals surface area contributed by atoms with Crippen LogP contribution in [0.15, 0.2) is 23.2 Å². The summed E-state index contributed by atoms with van der Waals surface area (Å²) in [6, 6.07) is 1.70. The Morgan fingerprint density at radius 3 is 3.13 bits per heavy atom. The molecule has 0 bridgehead atoms. The Labute approximate surface area is 91.2 Å². The molecule has 2 heterocycles. The number of methoxy groups -OCH3 is 1. The summed E-state index contributed by atoms with van der Waals surface area (Å²) in [5.74, 6) is 1.09. The number of rotatable bonds is 4. The molecule has 0 spiro atoms. The van der Waals surface area contributed by atoms with Crippen molar-refractivity contribution >= 4 is 17.3 Å². The first-order valence-electron chi connectivity index (χ1n) is 4.36. The van der Waals surface area contributed by atoms with Gasteiger partial charge >= 0.3 is 0 Å². The highest BCUT2D eigenvalue weighted by molar-refractivity contribution is 7.07. The van der Waals surface area contributed by atoms with Crippen molar-refractivity contribution in [2.45, 2.75) is 6.54 Å². The Morgan fingerprint density at radius 1 is 1.47 bits per heavy atom. The monoisotopic (exact) mass is 222 g/mol. The highest BCUT2D eigenvalue weighted by Gasteiger charge is 1.99. The van der Waals surface area contributed by atoms with Gasteiger partial charge in [0.05, 0.1) is 24.9 Å². The van der Waals surface area contributed by atoms with Gasteiger partial charge in [-0.1, -0.05) is 0 Å². The van der Waals surface area contributed by atoms with Crippen LogP contribution in [0.25, 0.3) is 0 Å². The predicted molar refractivity (Wildman–Crippen MR) is 58.0 cm³/mol. The second-order valence-electron chi connectivity index (χ2n) is 2.76. The van der Waals surface area contributed by atoms with Crippen LogP contribution in [-0.4, -0.2) is 22.1 Å². The molecule has 0 aliphatic heterocycles. The highest BCUT2D eigenvalue weighted by atomic mass is 32.1. The van der Waals surface area contributed by atoms with Crippen LogP contribution >= 0.6 is 11.3 Å². The van der Waals surface area contributed by atoms with Crippen LogP contribution < -0.4 is 10.1 Å². The van der Waals surface area contributed by atoms with Crippen LogP contribution in [0.2, 0.25) is 0 Å². The third-order valence-corrected chi connectivity index (χ3v) is 2.39. The van der Waals surface area contributed by atoms with Crippen molar-refractivity contribution < 1.29 is 4.74 Å². The molecule has 6 heteroatoms. The maximum absolute atomic E-state index is 4.99. The van der Waals surface area contributed by atoms with E-state index >= 15 is 0 Å². The first kappa shape index (κ1) is 9.85. The van der Waals surface area contributed by atoms with E-state index in [0.717, 1.165) is 5.69 Å². The molecule has 2 aromatic rings. The number of hydrogen-bond donors (Lipinski definition) is 1. The van der Waals surface area contributed by atoms with Gasteiger partial charge in [-0.15, -0.1) is 11.3 Å². The molecule has 0 fully saturated rings. The summed E-state index contributed by atoms with van der Waals surface area (Å²) in [6.07, 6.45) is 1.65. The predicted octanol–water partition coefficient (Wildman–Crippen LogP) is 1.55. The normalized spacial score (nSPS) is 9.93. The SMILES string of the molecule is COc1ccnc(NCc2cscn2)n1. The molecule has 0 amide bonds. The van der Waals surface area contributed by atoms with Crippen molar-refractivity contribution in [2.24, 2.45) is 0 Å². The van der Waals surface area contributed by atoms with Crippen LogP contribution in [0.4, 0.5) is 5.95 Å². The molecule has 5 nitrogen and oxygen atoms in total. The van der Waals surface area contributed by atoms with E-state index in [1.807, 2.05) is 5.38 Å². The Kier molecular flexibility index (Phi) is 3.08. The fourth-order valence-corrected chi connectivity index (χ4v) is 1.59. The zero-order chi connectivity index (χ0) is 10.5. The van der Waals surface area contributed by atoms with Gasteiger partial charge in [-0.25, -0.2) is 9.97 Å². The van der Waals surface area contributed by atoms with E-state index in [-0.39, 0.29) is 0 Å². The zero-order valence-corrected chi connectivity index (χ0v) is 8.99. The summed E-state index contributed by atoms with van der Waals surface area (Å²) in [5, 5.41) is 5.04. The fourth-order valence-electron chi connectivity index (χ4n) is 1.04. The van der Waals surface area contributed by atoms with E-state index in [4.69, 9.17) is 4.74 Å². The Morgan fingerprint density at radius 2 is 2.40 bits per heavy atom. The van der Waals surface area contributed by atoms with E-state index in [2.05, 4.69) is 20.3 Å². The van der Waals surface area contributed by atoms with Gasteiger partial charge in [-0.05, 0) is 0 Å². The Hall–Kier alpha value is -1.69.